The molecule has 1 atom stereocenters. The van der Waals surface area contributed by atoms with Crippen molar-refractivity contribution in [3.63, 3.8) is 0 Å². The third-order valence-electron chi connectivity index (χ3n) is 4.84. The summed E-state index contributed by atoms with van der Waals surface area (Å²) in [4.78, 5) is 0. The molecular weight excluding hydrogens is 288 g/mol. The Morgan fingerprint density at radius 2 is 0.957 bits per heavy atom. The van der Waals surface area contributed by atoms with Crippen LogP contribution in [0.5, 0.6) is 0 Å². The largest absolute Gasteiger partial charge is 0.396 e. The standard InChI is InChI=1S/C20H42O3/c1-2-3-4-5-6-7-8-9-10-13-16-20(23,19-22)17-14-11-12-15-18-21/h21-23H,2-19H2,1H3. The van der Waals surface area contributed by atoms with E-state index in [0.717, 1.165) is 38.5 Å². The second-order valence-electron chi connectivity index (χ2n) is 7.20. The minimum Gasteiger partial charge on any atom is -0.396 e. The maximum absolute atomic E-state index is 10.4. The van der Waals surface area contributed by atoms with E-state index in [1.807, 2.05) is 0 Å². The SMILES string of the molecule is CCCCCCCCCCCCC(O)(CO)CCCCCCO. The Morgan fingerprint density at radius 3 is 1.35 bits per heavy atom. The van der Waals surface area contributed by atoms with E-state index in [0.29, 0.717) is 6.42 Å². The molecule has 0 radical (unpaired) electrons. The van der Waals surface area contributed by atoms with E-state index < -0.39 is 5.60 Å². The first-order valence-corrected chi connectivity index (χ1v) is 10.1. The molecule has 3 N–H and O–H groups in total. The van der Waals surface area contributed by atoms with E-state index in [9.17, 15) is 10.2 Å². The Morgan fingerprint density at radius 1 is 0.565 bits per heavy atom. The summed E-state index contributed by atoms with van der Waals surface area (Å²) in [5.41, 5.74) is -0.876. The van der Waals surface area contributed by atoms with Crippen LogP contribution in [0.2, 0.25) is 0 Å². The molecule has 0 saturated carbocycles. The van der Waals surface area contributed by atoms with Crippen LogP contribution in [0.1, 0.15) is 110 Å². The van der Waals surface area contributed by atoms with Gasteiger partial charge in [-0.15, -0.1) is 0 Å². The molecule has 0 aromatic carbocycles. The van der Waals surface area contributed by atoms with Gasteiger partial charge in [-0.3, -0.25) is 0 Å². The fourth-order valence-electron chi connectivity index (χ4n) is 3.14. The van der Waals surface area contributed by atoms with Gasteiger partial charge in [0.05, 0.1) is 12.2 Å². The molecule has 0 aromatic rings. The highest BCUT2D eigenvalue weighted by Gasteiger charge is 2.24. The zero-order chi connectivity index (χ0) is 17.2. The van der Waals surface area contributed by atoms with Gasteiger partial charge in [0.1, 0.15) is 0 Å². The maximum Gasteiger partial charge on any atom is 0.0877 e. The van der Waals surface area contributed by atoms with Gasteiger partial charge in [0.2, 0.25) is 0 Å². The first-order valence-electron chi connectivity index (χ1n) is 10.1. The fourth-order valence-corrected chi connectivity index (χ4v) is 3.14. The van der Waals surface area contributed by atoms with Crippen molar-refractivity contribution in [3.05, 3.63) is 0 Å². The molecule has 0 aliphatic carbocycles. The van der Waals surface area contributed by atoms with Crippen LogP contribution in [0.4, 0.5) is 0 Å². The molecule has 0 saturated heterocycles. The Bertz CT molecular complexity index is 233. The minimum absolute atomic E-state index is 0.121. The van der Waals surface area contributed by atoms with Crippen molar-refractivity contribution in [2.45, 2.75) is 115 Å². The van der Waals surface area contributed by atoms with E-state index in [4.69, 9.17) is 5.11 Å². The summed E-state index contributed by atoms with van der Waals surface area (Å²) < 4.78 is 0. The maximum atomic E-state index is 10.4. The van der Waals surface area contributed by atoms with Crippen LogP contribution in [0.15, 0.2) is 0 Å². The van der Waals surface area contributed by atoms with Gasteiger partial charge in [0.25, 0.3) is 0 Å². The van der Waals surface area contributed by atoms with Crippen molar-refractivity contribution in [1.29, 1.82) is 0 Å². The molecule has 140 valence electrons. The molecule has 0 aliphatic rings. The van der Waals surface area contributed by atoms with Crippen LogP contribution in [0.25, 0.3) is 0 Å². The van der Waals surface area contributed by atoms with Crippen LogP contribution in [0.3, 0.4) is 0 Å². The molecule has 23 heavy (non-hydrogen) atoms. The first-order chi connectivity index (χ1) is 11.2. The molecule has 3 nitrogen and oxygen atoms in total. The number of unbranched alkanes of at least 4 members (excludes halogenated alkanes) is 12. The van der Waals surface area contributed by atoms with Crippen LogP contribution in [-0.2, 0) is 0 Å². The zero-order valence-corrected chi connectivity index (χ0v) is 15.6. The summed E-state index contributed by atoms with van der Waals surface area (Å²) in [6.07, 6.45) is 18.2. The fraction of sp³-hybridized carbons (Fsp3) is 1.00. The first kappa shape index (κ1) is 22.9. The molecule has 0 bridgehead atoms. The molecule has 0 heterocycles. The van der Waals surface area contributed by atoms with Gasteiger partial charge >= 0.3 is 0 Å². The topological polar surface area (TPSA) is 60.7 Å². The Balaban J connectivity index is 3.47. The van der Waals surface area contributed by atoms with Gasteiger partial charge in [0, 0.05) is 6.61 Å². The van der Waals surface area contributed by atoms with E-state index in [2.05, 4.69) is 6.92 Å². The molecule has 0 amide bonds. The number of aliphatic hydroxyl groups excluding tert-OH is 2. The summed E-state index contributed by atoms with van der Waals surface area (Å²) in [6, 6.07) is 0. The van der Waals surface area contributed by atoms with Gasteiger partial charge in [0.15, 0.2) is 0 Å². The second kappa shape index (κ2) is 16.7. The average Bonchev–Trinajstić information content (AvgIpc) is 2.56. The third kappa shape index (κ3) is 15.2. The van der Waals surface area contributed by atoms with Crippen molar-refractivity contribution in [3.8, 4) is 0 Å². The molecule has 0 aliphatic heterocycles. The van der Waals surface area contributed by atoms with Crippen molar-refractivity contribution in [1.82, 2.24) is 0 Å². The van der Waals surface area contributed by atoms with Gasteiger partial charge in [-0.25, -0.2) is 0 Å². The van der Waals surface area contributed by atoms with Crippen LogP contribution < -0.4 is 0 Å². The molecule has 3 heteroatoms. The lowest BCUT2D eigenvalue weighted by molar-refractivity contribution is -0.0315. The summed E-state index contributed by atoms with van der Waals surface area (Å²) in [6.45, 7) is 2.38. The summed E-state index contributed by atoms with van der Waals surface area (Å²) in [5, 5.41) is 28.6. The van der Waals surface area contributed by atoms with Crippen LogP contribution in [-0.4, -0.2) is 34.1 Å². The van der Waals surface area contributed by atoms with E-state index >= 15 is 0 Å². The van der Waals surface area contributed by atoms with E-state index in [1.54, 1.807) is 0 Å². The Labute approximate surface area is 144 Å². The number of aliphatic hydroxyl groups is 3. The highest BCUT2D eigenvalue weighted by atomic mass is 16.3. The predicted octanol–water partition coefficient (Wildman–Crippen LogP) is 4.96. The molecular formula is C20H42O3. The summed E-state index contributed by atoms with van der Waals surface area (Å²) in [5.74, 6) is 0. The van der Waals surface area contributed by atoms with Gasteiger partial charge in [-0.05, 0) is 19.3 Å². The normalized spacial score (nSPS) is 14.1. The lowest BCUT2D eigenvalue weighted by Gasteiger charge is -2.26. The molecule has 1 unspecified atom stereocenters. The van der Waals surface area contributed by atoms with Crippen LogP contribution in [0, 0.1) is 0 Å². The minimum atomic E-state index is -0.876. The third-order valence-corrected chi connectivity index (χ3v) is 4.84. The smallest absolute Gasteiger partial charge is 0.0877 e. The number of hydrogen-bond donors (Lipinski definition) is 3. The number of rotatable bonds is 18. The average molecular weight is 331 g/mol. The van der Waals surface area contributed by atoms with E-state index in [-0.39, 0.29) is 13.2 Å². The Hall–Kier alpha value is -0.120. The second-order valence-corrected chi connectivity index (χ2v) is 7.20. The molecule has 0 spiro atoms. The predicted molar refractivity (Wildman–Crippen MR) is 98.7 cm³/mol. The number of hydrogen-bond acceptors (Lipinski definition) is 3. The van der Waals surface area contributed by atoms with Crippen molar-refractivity contribution in [2.75, 3.05) is 13.2 Å². The van der Waals surface area contributed by atoms with Crippen molar-refractivity contribution in [2.24, 2.45) is 0 Å². The molecule has 0 aromatic heterocycles. The molecule has 0 fully saturated rings. The highest BCUT2D eigenvalue weighted by molar-refractivity contribution is 4.77. The zero-order valence-electron chi connectivity index (χ0n) is 15.6. The summed E-state index contributed by atoms with van der Waals surface area (Å²) >= 11 is 0. The lowest BCUT2D eigenvalue weighted by atomic mass is 9.90. The highest BCUT2D eigenvalue weighted by Crippen LogP contribution is 2.22. The quantitative estimate of drug-likeness (QED) is 0.311. The monoisotopic (exact) mass is 330 g/mol. The van der Waals surface area contributed by atoms with Crippen molar-refractivity contribution >= 4 is 0 Å². The van der Waals surface area contributed by atoms with Gasteiger partial charge in [-0.2, -0.15) is 0 Å². The van der Waals surface area contributed by atoms with Gasteiger partial charge in [-0.1, -0.05) is 90.4 Å². The summed E-state index contributed by atoms with van der Waals surface area (Å²) in [7, 11) is 0. The van der Waals surface area contributed by atoms with Gasteiger partial charge < -0.3 is 15.3 Å². The van der Waals surface area contributed by atoms with Crippen LogP contribution >= 0.6 is 0 Å². The van der Waals surface area contributed by atoms with Crippen molar-refractivity contribution < 1.29 is 15.3 Å². The van der Waals surface area contributed by atoms with E-state index in [1.165, 1.54) is 57.8 Å². The Kier molecular flexibility index (Phi) is 16.6. The molecule has 0 rings (SSSR count). The lowest BCUT2D eigenvalue weighted by Crippen LogP contribution is -2.33.